The van der Waals surface area contributed by atoms with Gasteiger partial charge in [0.25, 0.3) is 5.91 Å². The summed E-state index contributed by atoms with van der Waals surface area (Å²) in [7, 11) is 1.57. The summed E-state index contributed by atoms with van der Waals surface area (Å²) in [5.74, 6) is -1.44. The Balaban J connectivity index is 1.63. The number of hydrogen-bond donors (Lipinski definition) is 2. The minimum atomic E-state index is -0.573. The Morgan fingerprint density at radius 1 is 1.21 bits per heavy atom. The predicted molar refractivity (Wildman–Crippen MR) is 139 cm³/mol. The van der Waals surface area contributed by atoms with Gasteiger partial charge in [-0.3, -0.25) is 4.79 Å². The van der Waals surface area contributed by atoms with Crippen LogP contribution in [0.2, 0.25) is 0 Å². The lowest BCUT2D eigenvalue weighted by atomic mass is 9.99. The number of anilines is 1. The van der Waals surface area contributed by atoms with Crippen molar-refractivity contribution in [1.29, 1.82) is 0 Å². The summed E-state index contributed by atoms with van der Waals surface area (Å²) in [5.41, 5.74) is 1.53. The van der Waals surface area contributed by atoms with E-state index in [9.17, 15) is 23.5 Å². The quantitative estimate of drug-likeness (QED) is 0.498. The first-order valence-corrected chi connectivity index (χ1v) is 12.3. The van der Waals surface area contributed by atoms with E-state index in [2.05, 4.69) is 10.3 Å². The van der Waals surface area contributed by atoms with Crippen LogP contribution in [-0.4, -0.2) is 70.7 Å². The Kier molecular flexibility index (Phi) is 8.21. The number of fused-ring (bicyclic) bond motifs is 1. The molecule has 3 aromatic rings. The Bertz CT molecular complexity index is 1300. The predicted octanol–water partition coefficient (Wildman–Crippen LogP) is 4.41. The van der Waals surface area contributed by atoms with E-state index in [4.69, 9.17) is 4.74 Å². The van der Waals surface area contributed by atoms with Crippen LogP contribution in [0.25, 0.3) is 11.1 Å². The van der Waals surface area contributed by atoms with E-state index in [1.165, 1.54) is 41.4 Å². The molecule has 0 spiro atoms. The molecule has 2 heterocycles. The van der Waals surface area contributed by atoms with Crippen LogP contribution in [0.15, 0.2) is 60.8 Å². The number of nitrogens with one attached hydrogen (secondary N) is 1. The van der Waals surface area contributed by atoms with E-state index in [-0.39, 0.29) is 54.5 Å². The van der Waals surface area contributed by atoms with Crippen molar-refractivity contribution < 1.29 is 28.2 Å². The molecule has 1 aliphatic rings. The number of rotatable bonds is 6. The zero-order valence-corrected chi connectivity index (χ0v) is 21.4. The van der Waals surface area contributed by atoms with Crippen LogP contribution in [0.1, 0.15) is 24.2 Å². The fourth-order valence-electron chi connectivity index (χ4n) is 4.25. The number of carbonyl (C=O) groups is 2. The van der Waals surface area contributed by atoms with Crippen molar-refractivity contribution in [2.24, 2.45) is 5.92 Å². The van der Waals surface area contributed by atoms with Crippen molar-refractivity contribution in [2.45, 2.75) is 26.0 Å². The number of para-hydroxylation sites is 1. The molecule has 0 unspecified atom stereocenters. The van der Waals surface area contributed by atoms with Crippen molar-refractivity contribution in [1.82, 2.24) is 14.8 Å². The van der Waals surface area contributed by atoms with Gasteiger partial charge in [-0.05, 0) is 42.8 Å². The molecule has 0 saturated heterocycles. The molecule has 10 heteroatoms. The number of aromatic nitrogens is 1. The number of halogens is 2. The van der Waals surface area contributed by atoms with Gasteiger partial charge in [0.1, 0.15) is 23.3 Å². The van der Waals surface area contributed by atoms with Gasteiger partial charge in [0.05, 0.1) is 24.9 Å². The van der Waals surface area contributed by atoms with E-state index in [1.54, 1.807) is 43.1 Å². The molecule has 2 aromatic carbocycles. The summed E-state index contributed by atoms with van der Waals surface area (Å²) in [6.07, 6.45) is 0.965. The maximum Gasteiger partial charge on any atom is 0.321 e. The van der Waals surface area contributed by atoms with Crippen molar-refractivity contribution in [3.05, 3.63) is 78.0 Å². The van der Waals surface area contributed by atoms with Gasteiger partial charge in [0.2, 0.25) is 5.88 Å². The zero-order valence-electron chi connectivity index (χ0n) is 21.4. The molecule has 4 rings (SSSR count). The number of aliphatic hydroxyl groups excluding tert-OH is 1. The molecule has 2 N–H and O–H groups in total. The smallest absolute Gasteiger partial charge is 0.321 e. The second-order valence-electron chi connectivity index (χ2n) is 9.50. The molecule has 0 saturated carbocycles. The summed E-state index contributed by atoms with van der Waals surface area (Å²) in [6.45, 7) is 3.77. The molecular formula is C28H30F2N4O4. The van der Waals surface area contributed by atoms with Gasteiger partial charge in [-0.1, -0.05) is 31.2 Å². The van der Waals surface area contributed by atoms with Crippen LogP contribution < -0.4 is 10.1 Å². The number of pyridine rings is 1. The minimum Gasteiger partial charge on any atom is -0.472 e. The summed E-state index contributed by atoms with van der Waals surface area (Å²) < 4.78 is 33.7. The number of hydrogen-bond acceptors (Lipinski definition) is 5. The first kappa shape index (κ1) is 27.0. The molecule has 0 bridgehead atoms. The number of nitrogens with zero attached hydrogens (tertiary/aromatic N) is 3. The number of aliphatic hydroxyl groups is 1. The van der Waals surface area contributed by atoms with Gasteiger partial charge in [-0.2, -0.15) is 0 Å². The van der Waals surface area contributed by atoms with Crippen LogP contribution in [0, 0.1) is 17.6 Å². The van der Waals surface area contributed by atoms with E-state index in [0.717, 1.165) is 0 Å². The molecule has 200 valence electrons. The van der Waals surface area contributed by atoms with E-state index in [0.29, 0.717) is 11.1 Å². The lowest BCUT2D eigenvalue weighted by Gasteiger charge is -2.37. The summed E-state index contributed by atoms with van der Waals surface area (Å²) >= 11 is 0. The normalized spacial score (nSPS) is 18.1. The van der Waals surface area contributed by atoms with Crippen molar-refractivity contribution in [3.8, 4) is 17.0 Å². The zero-order chi connectivity index (χ0) is 27.4. The molecule has 0 fully saturated rings. The molecule has 0 aliphatic carbocycles. The molecule has 3 amide bonds. The Morgan fingerprint density at radius 2 is 1.92 bits per heavy atom. The average Bonchev–Trinajstić information content (AvgIpc) is 2.91. The second-order valence-corrected chi connectivity index (χ2v) is 9.50. The van der Waals surface area contributed by atoms with Crippen molar-refractivity contribution >= 4 is 17.6 Å². The fourth-order valence-corrected chi connectivity index (χ4v) is 4.25. The fraction of sp³-hybridized carbons (Fsp3) is 0.321. The highest BCUT2D eigenvalue weighted by molar-refractivity contribution is 5.98. The highest BCUT2D eigenvalue weighted by Crippen LogP contribution is 2.30. The number of ether oxygens (including phenoxy) is 1. The van der Waals surface area contributed by atoms with Gasteiger partial charge in [-0.15, -0.1) is 0 Å². The maximum absolute atomic E-state index is 14.0. The van der Waals surface area contributed by atoms with Crippen LogP contribution >= 0.6 is 0 Å². The standard InChI is InChI=1S/C28H30F2N4O4/c1-17-14-34(18(2)16-35)27(36)22-12-20(19-8-10-21(29)11-9-19)13-31-26(22)38-25(17)15-33(3)28(37)32-24-7-5-4-6-23(24)30/h4-13,17-18,25,35H,14-16H2,1-3H3,(H,32,37)/t17-,18-,25-/m1/s1. The Labute approximate surface area is 219 Å². The van der Waals surface area contributed by atoms with Gasteiger partial charge in [-0.25, -0.2) is 18.6 Å². The lowest BCUT2D eigenvalue weighted by Crippen LogP contribution is -2.50. The van der Waals surface area contributed by atoms with E-state index >= 15 is 0 Å². The first-order chi connectivity index (χ1) is 18.2. The minimum absolute atomic E-state index is 0.0601. The highest BCUT2D eigenvalue weighted by Gasteiger charge is 2.35. The van der Waals surface area contributed by atoms with Gasteiger partial charge in [0.15, 0.2) is 0 Å². The molecular weight excluding hydrogens is 494 g/mol. The van der Waals surface area contributed by atoms with Crippen molar-refractivity contribution in [3.63, 3.8) is 0 Å². The lowest BCUT2D eigenvalue weighted by molar-refractivity contribution is 0.0356. The van der Waals surface area contributed by atoms with Crippen LogP contribution in [-0.2, 0) is 0 Å². The number of amides is 3. The summed E-state index contributed by atoms with van der Waals surface area (Å²) in [5, 5.41) is 12.4. The molecule has 8 nitrogen and oxygen atoms in total. The molecule has 1 aliphatic heterocycles. The molecule has 1 aromatic heterocycles. The second kappa shape index (κ2) is 11.6. The van der Waals surface area contributed by atoms with Gasteiger partial charge >= 0.3 is 6.03 Å². The largest absolute Gasteiger partial charge is 0.472 e. The summed E-state index contributed by atoms with van der Waals surface area (Å²) in [4.78, 5) is 33.7. The summed E-state index contributed by atoms with van der Waals surface area (Å²) in [6, 6.07) is 12.3. The number of benzene rings is 2. The van der Waals surface area contributed by atoms with Gasteiger partial charge < -0.3 is 25.0 Å². The van der Waals surface area contributed by atoms with E-state index in [1.807, 2.05) is 6.92 Å². The monoisotopic (exact) mass is 524 g/mol. The van der Waals surface area contributed by atoms with Gasteiger partial charge in [0, 0.05) is 31.3 Å². The first-order valence-electron chi connectivity index (χ1n) is 12.3. The number of urea groups is 1. The topological polar surface area (TPSA) is 95.0 Å². The Morgan fingerprint density at radius 3 is 2.61 bits per heavy atom. The number of carbonyl (C=O) groups excluding carboxylic acids is 2. The number of likely N-dealkylation sites (N-methyl/N-ethyl adjacent to an activating group) is 1. The Hall–Kier alpha value is -4.05. The third-order valence-corrected chi connectivity index (χ3v) is 6.61. The third kappa shape index (κ3) is 5.91. The molecule has 0 radical (unpaired) electrons. The third-order valence-electron chi connectivity index (χ3n) is 6.61. The van der Waals surface area contributed by atoms with Crippen LogP contribution in [0.3, 0.4) is 0 Å². The highest BCUT2D eigenvalue weighted by atomic mass is 19.1. The SMILES string of the molecule is C[C@@H]1CN([C@H](C)CO)C(=O)c2cc(-c3ccc(F)cc3)cnc2O[C@@H]1CN(C)C(=O)Nc1ccccc1F. The van der Waals surface area contributed by atoms with Crippen LogP contribution in [0.4, 0.5) is 19.3 Å². The molecule has 3 atom stereocenters. The average molecular weight is 525 g/mol. The molecule has 38 heavy (non-hydrogen) atoms. The maximum atomic E-state index is 14.0. The van der Waals surface area contributed by atoms with Crippen LogP contribution in [0.5, 0.6) is 5.88 Å². The van der Waals surface area contributed by atoms with Crippen molar-refractivity contribution in [2.75, 3.05) is 32.1 Å². The van der Waals surface area contributed by atoms with E-state index < -0.39 is 24.0 Å².